The number of nitrogens with one attached hydrogen (secondary N) is 3. The normalized spacial score (nSPS) is 10.8. The fourth-order valence-corrected chi connectivity index (χ4v) is 3.39. The van der Waals surface area contributed by atoms with E-state index < -0.39 is 23.0 Å². The fourth-order valence-electron chi connectivity index (χ4n) is 2.92. The molecule has 0 saturated heterocycles. The molecule has 1 heterocycles. The molecule has 3 rings (SSSR count). The predicted octanol–water partition coefficient (Wildman–Crippen LogP) is 3.49. The number of hydrogen-bond donors (Lipinski definition) is 3. The van der Waals surface area contributed by atoms with Gasteiger partial charge in [0.15, 0.2) is 0 Å². The molecule has 1 amide bonds. The zero-order chi connectivity index (χ0) is 23.3. The Morgan fingerprint density at radius 3 is 2.56 bits per heavy atom. The van der Waals surface area contributed by atoms with Gasteiger partial charge >= 0.3 is 5.69 Å². The average Bonchev–Trinajstić information content (AvgIpc) is 2.76. The quantitative estimate of drug-likeness (QED) is 0.428. The smallest absolute Gasteiger partial charge is 0.330 e. The second-order valence-corrected chi connectivity index (χ2v) is 7.48. The number of benzene rings is 2. The number of aromatic amines is 1. The van der Waals surface area contributed by atoms with Crippen LogP contribution in [0.1, 0.15) is 15.9 Å². The van der Waals surface area contributed by atoms with Gasteiger partial charge in [0.25, 0.3) is 11.5 Å². The van der Waals surface area contributed by atoms with Gasteiger partial charge in [0.2, 0.25) is 0 Å². The van der Waals surface area contributed by atoms with E-state index in [1.165, 1.54) is 7.11 Å². The Kier molecular flexibility index (Phi) is 7.68. The van der Waals surface area contributed by atoms with Crippen LogP contribution in [0.25, 0.3) is 0 Å². The van der Waals surface area contributed by atoms with Crippen molar-refractivity contribution in [1.82, 2.24) is 9.55 Å². The first kappa shape index (κ1) is 23.5. The summed E-state index contributed by atoms with van der Waals surface area (Å²) < 4.78 is 20.1. The zero-order valence-corrected chi connectivity index (χ0v) is 18.4. The van der Waals surface area contributed by atoms with Gasteiger partial charge in [-0.25, -0.2) is 9.18 Å². The Hall–Kier alpha value is -3.14. The fraction of sp³-hybridized carbons (Fsp3) is 0.190. The molecular weight excluding hydrogens is 462 g/mol. The highest BCUT2D eigenvalue weighted by molar-refractivity contribution is 6.37. The number of rotatable bonds is 8. The summed E-state index contributed by atoms with van der Waals surface area (Å²) in [6.45, 7) is 0.402. The summed E-state index contributed by atoms with van der Waals surface area (Å²) in [5, 5.41) is 5.11. The van der Waals surface area contributed by atoms with Crippen LogP contribution in [0, 0.1) is 5.82 Å². The van der Waals surface area contributed by atoms with E-state index in [0.717, 1.165) is 22.3 Å². The molecule has 0 radical (unpaired) electrons. The monoisotopic (exact) mass is 480 g/mol. The number of ether oxygens (including phenoxy) is 1. The van der Waals surface area contributed by atoms with E-state index in [1.54, 1.807) is 0 Å². The SMILES string of the molecule is COCCn1c(NC(=O)c2cc(F)c(Cl)cc2Cl)c(NCc2ccccc2)c(=O)[nH]c1=O. The van der Waals surface area contributed by atoms with Crippen molar-refractivity contribution in [2.24, 2.45) is 0 Å². The lowest BCUT2D eigenvalue weighted by Crippen LogP contribution is -2.36. The van der Waals surface area contributed by atoms with Crippen molar-refractivity contribution in [3.05, 3.63) is 90.3 Å². The van der Waals surface area contributed by atoms with Gasteiger partial charge in [0.05, 0.1) is 28.8 Å². The first-order chi connectivity index (χ1) is 15.3. The highest BCUT2D eigenvalue weighted by atomic mass is 35.5. The van der Waals surface area contributed by atoms with E-state index in [-0.39, 0.29) is 46.8 Å². The number of methoxy groups -OCH3 is 1. The molecular formula is C21H19Cl2FN4O4. The van der Waals surface area contributed by atoms with E-state index in [4.69, 9.17) is 27.9 Å². The maximum atomic E-state index is 13.9. The first-order valence-electron chi connectivity index (χ1n) is 9.41. The molecule has 0 unspecified atom stereocenters. The van der Waals surface area contributed by atoms with Crippen LogP contribution in [0.5, 0.6) is 0 Å². The maximum absolute atomic E-state index is 13.9. The zero-order valence-electron chi connectivity index (χ0n) is 16.9. The molecule has 3 N–H and O–H groups in total. The molecule has 0 atom stereocenters. The molecule has 2 aromatic carbocycles. The van der Waals surface area contributed by atoms with Crippen molar-refractivity contribution >= 4 is 40.6 Å². The van der Waals surface area contributed by atoms with E-state index in [2.05, 4.69) is 15.6 Å². The molecule has 0 aliphatic carbocycles. The minimum atomic E-state index is -0.841. The minimum absolute atomic E-state index is 0.0322. The summed E-state index contributed by atoms with van der Waals surface area (Å²) in [7, 11) is 1.44. The Labute approximate surface area is 191 Å². The number of nitrogens with zero attached hydrogens (tertiary/aromatic N) is 1. The number of halogens is 3. The van der Waals surface area contributed by atoms with Gasteiger partial charge < -0.3 is 15.4 Å². The number of amides is 1. The summed E-state index contributed by atoms with van der Waals surface area (Å²) in [6.07, 6.45) is 0. The predicted molar refractivity (Wildman–Crippen MR) is 121 cm³/mol. The number of anilines is 2. The molecule has 0 aliphatic heterocycles. The maximum Gasteiger partial charge on any atom is 0.330 e. The van der Waals surface area contributed by atoms with E-state index in [0.29, 0.717) is 0 Å². The molecule has 0 spiro atoms. The van der Waals surface area contributed by atoms with Crippen molar-refractivity contribution in [1.29, 1.82) is 0 Å². The van der Waals surface area contributed by atoms with Gasteiger partial charge in [-0.05, 0) is 17.7 Å². The van der Waals surface area contributed by atoms with Crippen LogP contribution in [0.4, 0.5) is 15.9 Å². The van der Waals surface area contributed by atoms with Crippen molar-refractivity contribution in [3.8, 4) is 0 Å². The molecule has 3 aromatic rings. The molecule has 0 bridgehead atoms. The highest BCUT2D eigenvalue weighted by Crippen LogP contribution is 2.26. The minimum Gasteiger partial charge on any atom is -0.383 e. The number of H-pyrrole nitrogens is 1. The molecule has 1 aromatic heterocycles. The van der Waals surface area contributed by atoms with Gasteiger partial charge in [0.1, 0.15) is 17.3 Å². The third kappa shape index (κ3) is 5.37. The molecule has 11 heteroatoms. The summed E-state index contributed by atoms with van der Waals surface area (Å²) in [5.41, 5.74) is -0.886. The van der Waals surface area contributed by atoms with E-state index in [1.807, 2.05) is 30.3 Å². The van der Waals surface area contributed by atoms with Crippen LogP contribution in [0.15, 0.2) is 52.1 Å². The first-order valence-corrected chi connectivity index (χ1v) is 10.2. The lowest BCUT2D eigenvalue weighted by atomic mass is 10.2. The summed E-state index contributed by atoms with van der Waals surface area (Å²) in [6, 6.07) is 11.2. The standard InChI is InChI=1S/C21H19Cl2FN4O4/c1-32-8-7-28-18(26-19(29)13-9-16(24)15(23)10-14(13)22)17(20(30)27-21(28)31)25-11-12-5-3-2-4-6-12/h2-6,9-10,25H,7-8,11H2,1H3,(H,26,29)(H,27,30,31). The van der Waals surface area contributed by atoms with Gasteiger partial charge in [-0.1, -0.05) is 53.5 Å². The van der Waals surface area contributed by atoms with Crippen molar-refractivity contribution in [2.45, 2.75) is 13.1 Å². The Morgan fingerprint density at radius 1 is 1.16 bits per heavy atom. The average molecular weight is 481 g/mol. The lowest BCUT2D eigenvalue weighted by Gasteiger charge is -2.18. The van der Waals surface area contributed by atoms with Gasteiger partial charge in [-0.2, -0.15) is 0 Å². The Morgan fingerprint density at radius 2 is 1.88 bits per heavy atom. The van der Waals surface area contributed by atoms with Gasteiger partial charge in [-0.3, -0.25) is 19.1 Å². The largest absolute Gasteiger partial charge is 0.383 e. The van der Waals surface area contributed by atoms with Crippen LogP contribution in [-0.4, -0.2) is 29.2 Å². The second-order valence-electron chi connectivity index (χ2n) is 6.67. The topological polar surface area (TPSA) is 105 Å². The van der Waals surface area contributed by atoms with Gasteiger partial charge in [0, 0.05) is 13.7 Å². The van der Waals surface area contributed by atoms with Crippen LogP contribution < -0.4 is 21.9 Å². The Bertz CT molecular complexity index is 1250. The van der Waals surface area contributed by atoms with E-state index >= 15 is 0 Å². The van der Waals surface area contributed by atoms with Crippen molar-refractivity contribution in [3.63, 3.8) is 0 Å². The summed E-state index contributed by atoms with van der Waals surface area (Å²) >= 11 is 11.7. The second kappa shape index (κ2) is 10.4. The third-order valence-electron chi connectivity index (χ3n) is 4.52. The number of carbonyl (C=O) groups excluding carboxylic acids is 1. The summed E-state index contributed by atoms with van der Waals surface area (Å²) in [4.78, 5) is 40.1. The molecule has 0 fully saturated rings. The number of carbonyl (C=O) groups is 1. The number of hydrogen-bond acceptors (Lipinski definition) is 5. The van der Waals surface area contributed by atoms with Gasteiger partial charge in [-0.15, -0.1) is 0 Å². The lowest BCUT2D eigenvalue weighted by molar-refractivity contribution is 0.102. The van der Waals surface area contributed by atoms with Crippen LogP contribution in [0.2, 0.25) is 10.0 Å². The third-order valence-corrected chi connectivity index (χ3v) is 5.12. The highest BCUT2D eigenvalue weighted by Gasteiger charge is 2.21. The van der Waals surface area contributed by atoms with Crippen molar-refractivity contribution < 1.29 is 13.9 Å². The molecule has 32 heavy (non-hydrogen) atoms. The molecule has 0 aliphatic rings. The van der Waals surface area contributed by atoms with Crippen LogP contribution >= 0.6 is 23.2 Å². The van der Waals surface area contributed by atoms with E-state index in [9.17, 15) is 18.8 Å². The molecule has 8 nitrogen and oxygen atoms in total. The number of aromatic nitrogens is 2. The molecule has 0 saturated carbocycles. The van der Waals surface area contributed by atoms with Crippen LogP contribution in [-0.2, 0) is 17.8 Å². The van der Waals surface area contributed by atoms with Crippen LogP contribution in [0.3, 0.4) is 0 Å². The molecule has 168 valence electrons. The van der Waals surface area contributed by atoms with Crippen molar-refractivity contribution in [2.75, 3.05) is 24.4 Å². The Balaban J connectivity index is 2.04. The summed E-state index contributed by atoms with van der Waals surface area (Å²) in [5.74, 6) is -1.78.